The van der Waals surface area contributed by atoms with Crippen molar-refractivity contribution in [2.75, 3.05) is 19.8 Å². The first-order valence-electron chi connectivity index (χ1n) is 7.02. The molecular weight excluding hydrogens is 282 g/mol. The summed E-state index contributed by atoms with van der Waals surface area (Å²) in [5.41, 5.74) is 4.52. The number of nitrogens with zero attached hydrogens (tertiary/aromatic N) is 1. The number of rotatable bonds is 10. The monoisotopic (exact) mass is 306 g/mol. The molecule has 1 amide bonds. The van der Waals surface area contributed by atoms with Gasteiger partial charge in [0.2, 0.25) is 0 Å². The predicted octanol–water partition coefficient (Wildman–Crippen LogP) is 0.533. The minimum atomic E-state index is -2.68. The van der Waals surface area contributed by atoms with Gasteiger partial charge >= 0.3 is 8.80 Å². The zero-order chi connectivity index (χ0) is 15.0. The van der Waals surface area contributed by atoms with E-state index in [9.17, 15) is 10.0 Å². The molecule has 1 rings (SSSR count). The standard InChI is InChI=1S/C11H24N3O5Si/c1-4-17-20(18-5-2,19-6-3)9-7-8-10-11(15)12-13-14(10)16/h10,13H,4-9H2,1-3H3,(H,12,15)/q-1. The second-order valence-electron chi connectivity index (χ2n) is 4.32. The smallest absolute Gasteiger partial charge is 0.500 e. The van der Waals surface area contributed by atoms with E-state index in [0.29, 0.717) is 43.9 Å². The maximum atomic E-state index is 11.4. The van der Waals surface area contributed by atoms with Gasteiger partial charge < -0.3 is 18.5 Å². The zero-order valence-electron chi connectivity index (χ0n) is 12.3. The van der Waals surface area contributed by atoms with Gasteiger partial charge in [0.05, 0.1) is 6.04 Å². The second kappa shape index (κ2) is 8.67. The molecule has 1 aliphatic rings. The molecule has 0 radical (unpaired) electrons. The Balaban J connectivity index is 2.50. The highest BCUT2D eigenvalue weighted by Crippen LogP contribution is 2.21. The van der Waals surface area contributed by atoms with Crippen LogP contribution in [-0.4, -0.2) is 45.7 Å². The van der Waals surface area contributed by atoms with Crippen LogP contribution in [0.3, 0.4) is 0 Å². The van der Waals surface area contributed by atoms with E-state index in [4.69, 9.17) is 13.3 Å². The molecule has 118 valence electrons. The van der Waals surface area contributed by atoms with Gasteiger partial charge in [-0.25, -0.2) is 0 Å². The van der Waals surface area contributed by atoms with Gasteiger partial charge in [-0.2, -0.15) is 5.53 Å². The summed E-state index contributed by atoms with van der Waals surface area (Å²) < 4.78 is 17.1. The Morgan fingerprint density at radius 3 is 2.15 bits per heavy atom. The topological polar surface area (TPSA) is 95.1 Å². The molecule has 1 aliphatic heterocycles. The molecule has 0 aromatic rings. The second-order valence-corrected chi connectivity index (χ2v) is 7.05. The van der Waals surface area contributed by atoms with Crippen molar-refractivity contribution >= 4 is 14.7 Å². The fourth-order valence-electron chi connectivity index (χ4n) is 2.14. The van der Waals surface area contributed by atoms with E-state index >= 15 is 0 Å². The summed E-state index contributed by atoms with van der Waals surface area (Å²) in [6.45, 7) is 7.25. The Kier molecular flexibility index (Phi) is 7.59. The molecule has 0 aromatic carbocycles. The third-order valence-corrected chi connectivity index (χ3v) is 6.08. The fourth-order valence-corrected chi connectivity index (χ4v) is 4.78. The van der Waals surface area contributed by atoms with Crippen LogP contribution >= 0.6 is 0 Å². The molecule has 1 fully saturated rings. The summed E-state index contributed by atoms with van der Waals surface area (Å²) in [7, 11) is -2.68. The Bertz CT molecular complexity index is 291. The van der Waals surface area contributed by atoms with Crippen molar-refractivity contribution in [1.29, 1.82) is 0 Å². The van der Waals surface area contributed by atoms with Crippen molar-refractivity contribution in [3.8, 4) is 0 Å². The molecule has 0 saturated carbocycles. The SMILES string of the molecule is CCO[Si](CCCC1C(=O)NNN1[O-])(OCC)OCC. The first-order chi connectivity index (χ1) is 9.58. The van der Waals surface area contributed by atoms with E-state index < -0.39 is 14.8 Å². The summed E-state index contributed by atoms with van der Waals surface area (Å²) in [4.78, 5) is 11.4. The van der Waals surface area contributed by atoms with Gasteiger partial charge in [-0.15, -0.1) is 0 Å². The molecule has 1 heterocycles. The minimum absolute atomic E-state index is 0.309. The van der Waals surface area contributed by atoms with E-state index in [1.165, 1.54) is 0 Å². The van der Waals surface area contributed by atoms with Crippen LogP contribution in [0.25, 0.3) is 0 Å². The van der Waals surface area contributed by atoms with E-state index in [2.05, 4.69) is 11.0 Å². The van der Waals surface area contributed by atoms with Crippen LogP contribution in [-0.2, 0) is 18.1 Å². The average molecular weight is 306 g/mol. The van der Waals surface area contributed by atoms with Gasteiger partial charge in [0.25, 0.3) is 5.91 Å². The highest BCUT2D eigenvalue weighted by molar-refractivity contribution is 6.60. The third kappa shape index (κ3) is 4.77. The van der Waals surface area contributed by atoms with Crippen LogP contribution in [0.4, 0.5) is 0 Å². The van der Waals surface area contributed by atoms with Gasteiger partial charge in [0.15, 0.2) is 0 Å². The van der Waals surface area contributed by atoms with Gasteiger partial charge in [0.1, 0.15) is 0 Å². The van der Waals surface area contributed by atoms with Crippen molar-refractivity contribution in [2.24, 2.45) is 0 Å². The highest BCUT2D eigenvalue weighted by Gasteiger charge is 2.40. The maximum Gasteiger partial charge on any atom is 0.500 e. The Morgan fingerprint density at radius 2 is 1.75 bits per heavy atom. The zero-order valence-corrected chi connectivity index (χ0v) is 13.3. The van der Waals surface area contributed by atoms with Crippen LogP contribution in [0.1, 0.15) is 33.6 Å². The summed E-state index contributed by atoms with van der Waals surface area (Å²) in [6.07, 6.45) is 1.06. The summed E-state index contributed by atoms with van der Waals surface area (Å²) >= 11 is 0. The van der Waals surface area contributed by atoms with Crippen LogP contribution in [0.2, 0.25) is 6.04 Å². The number of hydrazine groups is 2. The lowest BCUT2D eigenvalue weighted by atomic mass is 10.2. The van der Waals surface area contributed by atoms with Crippen LogP contribution in [0.15, 0.2) is 0 Å². The third-order valence-electron chi connectivity index (χ3n) is 2.93. The van der Waals surface area contributed by atoms with Gasteiger partial charge in [-0.1, -0.05) is 0 Å². The van der Waals surface area contributed by atoms with E-state index in [-0.39, 0.29) is 5.91 Å². The number of hydrogen-bond acceptors (Lipinski definition) is 7. The number of nitrogens with one attached hydrogen (secondary N) is 2. The number of amides is 1. The minimum Gasteiger partial charge on any atom is -0.770 e. The van der Waals surface area contributed by atoms with Crippen molar-refractivity contribution in [3.63, 3.8) is 0 Å². The van der Waals surface area contributed by atoms with Gasteiger partial charge in [0, 0.05) is 25.9 Å². The molecular formula is C11H24N3O5Si-. The van der Waals surface area contributed by atoms with E-state index in [1.807, 2.05) is 20.8 Å². The molecule has 1 saturated heterocycles. The average Bonchev–Trinajstić information content (AvgIpc) is 2.71. The van der Waals surface area contributed by atoms with Crippen LogP contribution in [0, 0.1) is 5.21 Å². The summed E-state index contributed by atoms with van der Waals surface area (Å²) in [5, 5.41) is 11.9. The molecule has 0 spiro atoms. The summed E-state index contributed by atoms with van der Waals surface area (Å²) in [6, 6.07) is -0.105. The molecule has 9 heteroatoms. The van der Waals surface area contributed by atoms with Crippen molar-refractivity contribution in [2.45, 2.75) is 45.7 Å². The molecule has 0 aliphatic carbocycles. The first kappa shape index (κ1) is 17.5. The van der Waals surface area contributed by atoms with Crippen molar-refractivity contribution in [1.82, 2.24) is 16.1 Å². The van der Waals surface area contributed by atoms with Crippen molar-refractivity contribution < 1.29 is 18.1 Å². The normalized spacial score (nSPS) is 20.4. The molecule has 0 aromatic heterocycles. The fraction of sp³-hybridized carbons (Fsp3) is 0.909. The maximum absolute atomic E-state index is 11.4. The summed E-state index contributed by atoms with van der Waals surface area (Å²) in [5.74, 6) is -0.309. The highest BCUT2D eigenvalue weighted by atomic mass is 28.4. The lowest BCUT2D eigenvalue weighted by Crippen LogP contribution is -2.46. The molecule has 0 bridgehead atoms. The first-order valence-corrected chi connectivity index (χ1v) is 8.95. The number of carbonyl (C=O) groups is 1. The largest absolute Gasteiger partial charge is 0.770 e. The molecule has 8 nitrogen and oxygen atoms in total. The number of hydrogen-bond donors (Lipinski definition) is 2. The molecule has 2 N–H and O–H groups in total. The van der Waals surface area contributed by atoms with Crippen molar-refractivity contribution in [3.05, 3.63) is 5.21 Å². The van der Waals surface area contributed by atoms with Gasteiger partial charge in [-0.05, 0) is 33.6 Å². The Morgan fingerprint density at radius 1 is 1.20 bits per heavy atom. The molecule has 1 atom stereocenters. The van der Waals surface area contributed by atoms with E-state index in [1.54, 1.807) is 0 Å². The van der Waals surface area contributed by atoms with Gasteiger partial charge in [-0.3, -0.25) is 15.4 Å². The predicted molar refractivity (Wildman–Crippen MR) is 74.9 cm³/mol. The number of hydroxylamine groups is 1. The number of carbonyl (C=O) groups excluding carboxylic acids is 1. The Hall–Kier alpha value is -0.553. The van der Waals surface area contributed by atoms with E-state index in [0.717, 1.165) is 0 Å². The van der Waals surface area contributed by atoms with Crippen LogP contribution < -0.4 is 11.0 Å². The Labute approximate surface area is 120 Å². The lowest BCUT2D eigenvalue weighted by Gasteiger charge is -2.30. The lowest BCUT2D eigenvalue weighted by molar-refractivity contribution is -0.121. The quantitative estimate of drug-likeness (QED) is 0.568. The van der Waals surface area contributed by atoms with Crippen LogP contribution in [0.5, 0.6) is 0 Å². The molecule has 1 unspecified atom stereocenters. The molecule has 20 heavy (non-hydrogen) atoms.